The summed E-state index contributed by atoms with van der Waals surface area (Å²) in [6.07, 6.45) is -1.42. The number of thiazole rings is 1. The molecule has 18 heteroatoms. The lowest BCUT2D eigenvalue weighted by Crippen LogP contribution is -2.70. The molecule has 5 saturated heterocycles. The molecule has 1 aromatic carbocycles. The first-order valence-electron chi connectivity index (χ1n) is 22.5. The smallest absolute Gasteiger partial charge is 0.406 e. The number of carbonyl (C=O) groups excluding carboxylic acids is 3. The maximum absolute atomic E-state index is 15.1. The van der Waals surface area contributed by atoms with Crippen molar-refractivity contribution in [2.75, 3.05) is 46.6 Å². The number of hydrogen-bond acceptors (Lipinski definition) is 12. The van der Waals surface area contributed by atoms with Crippen LogP contribution in [0.2, 0.25) is 0 Å². The van der Waals surface area contributed by atoms with E-state index >= 15 is 4.79 Å². The van der Waals surface area contributed by atoms with E-state index in [2.05, 4.69) is 27.6 Å². The van der Waals surface area contributed by atoms with E-state index in [9.17, 15) is 22.8 Å². The predicted molar refractivity (Wildman–Crippen MR) is 234 cm³/mol. The number of hydrogen-bond donors (Lipinski definition) is 2. The number of hydrazine groups is 1. The standard InChI is InChI=1S/C47H56F3N7O7S/c1-26(61-6)35-29(9-7-13-51-35)37-31-16-43(3,4)23-63-41(59)32-10-8-14-57(54-32)40(58)36(53-42(60)46-18-44(5,19-46)27(2)64-46)38(55-20-45(21-55)24-62-25-45)39-52-33(17-65-39)28-11-12-34(30(31)15-28)56(37)22-47(48,49)50/h7,9,11-13,15,17,26-27,32,36,38,54H,8,10,14,16,18-25H2,1-6H3,(H,53,60)/t26-,27-,32-,36-,38-,44?,46?/m0/s1. The highest BCUT2D eigenvalue weighted by molar-refractivity contribution is 7.10. The van der Waals surface area contributed by atoms with Gasteiger partial charge in [0.25, 0.3) is 11.8 Å². The Hall–Kier alpha value is -4.46. The van der Waals surface area contributed by atoms with Crippen molar-refractivity contribution in [2.45, 2.75) is 115 Å². The Balaban J connectivity index is 1.14. The van der Waals surface area contributed by atoms with Crippen molar-refractivity contribution in [1.82, 2.24) is 35.2 Å². The van der Waals surface area contributed by atoms with Crippen molar-refractivity contribution in [1.29, 1.82) is 0 Å². The molecule has 0 radical (unpaired) electrons. The fraction of sp³-hybridized carbons (Fsp3) is 0.596. The third-order valence-electron chi connectivity index (χ3n) is 14.7. The SMILES string of the molecule is CO[C@@H](C)c1ncccc1-c1c2c3cc(ccc3n1CC(F)(F)F)-c1csc(n1)[C@@H](N1CC3(COC3)C1)[C@H](NC(=O)C13CC(C)(C1)[C@H](C)O3)C(=O)N1CCC[C@H](N1)C(=O)OCC(C)(C)C2. The fourth-order valence-corrected chi connectivity index (χ4v) is 12.2. The van der Waals surface area contributed by atoms with E-state index in [1.807, 2.05) is 32.2 Å². The van der Waals surface area contributed by atoms with Gasteiger partial charge in [0.2, 0.25) is 0 Å². The van der Waals surface area contributed by atoms with Gasteiger partial charge in [0.1, 0.15) is 29.2 Å². The third-order valence-corrected chi connectivity index (χ3v) is 15.7. The van der Waals surface area contributed by atoms with Gasteiger partial charge in [0.05, 0.1) is 55.2 Å². The van der Waals surface area contributed by atoms with Crippen LogP contribution in [-0.2, 0) is 46.3 Å². The van der Waals surface area contributed by atoms with Gasteiger partial charge in [-0.3, -0.25) is 29.3 Å². The molecule has 6 fully saturated rings. The minimum absolute atomic E-state index is 0.0620. The van der Waals surface area contributed by atoms with Gasteiger partial charge in [-0.2, -0.15) is 13.2 Å². The number of aromatic nitrogens is 3. The molecule has 9 heterocycles. The second kappa shape index (κ2) is 15.8. The van der Waals surface area contributed by atoms with E-state index in [1.165, 1.54) is 28.0 Å². The first kappa shape index (κ1) is 44.4. The maximum atomic E-state index is 15.1. The molecule has 1 saturated carbocycles. The number of ether oxygens (including phenoxy) is 4. The molecule has 11 rings (SSSR count). The molecule has 65 heavy (non-hydrogen) atoms. The van der Waals surface area contributed by atoms with Crippen molar-refractivity contribution < 1.29 is 46.5 Å². The highest BCUT2D eigenvalue weighted by Crippen LogP contribution is 2.61. The number of likely N-dealkylation sites (tertiary alicyclic amines) is 1. The van der Waals surface area contributed by atoms with Gasteiger partial charge in [-0.1, -0.05) is 26.8 Å². The lowest BCUT2D eigenvalue weighted by molar-refractivity contribution is -0.203. The summed E-state index contributed by atoms with van der Waals surface area (Å²) < 4.78 is 69.2. The first-order valence-corrected chi connectivity index (χ1v) is 23.4. The molecular formula is C47H56F3N7O7S. The lowest BCUT2D eigenvalue weighted by atomic mass is 9.61. The summed E-state index contributed by atoms with van der Waals surface area (Å²) in [5, 5.41) is 7.71. The summed E-state index contributed by atoms with van der Waals surface area (Å²) in [4.78, 5) is 55.7. The maximum Gasteiger partial charge on any atom is 0.406 e. The Morgan fingerprint density at radius 1 is 1.12 bits per heavy atom. The number of esters is 1. The second-order valence-corrected chi connectivity index (χ2v) is 21.4. The van der Waals surface area contributed by atoms with E-state index in [4.69, 9.17) is 23.9 Å². The van der Waals surface area contributed by atoms with E-state index in [1.54, 1.807) is 37.4 Å². The number of amides is 2. The Morgan fingerprint density at radius 3 is 2.57 bits per heavy atom. The molecule has 2 amide bonds. The highest BCUT2D eigenvalue weighted by atomic mass is 32.1. The summed E-state index contributed by atoms with van der Waals surface area (Å²) in [5.74, 6) is -1.32. The van der Waals surface area contributed by atoms with Crippen molar-refractivity contribution >= 4 is 40.0 Å². The summed E-state index contributed by atoms with van der Waals surface area (Å²) in [5.41, 5.74) is 4.73. The van der Waals surface area contributed by atoms with Crippen molar-refractivity contribution in [3.05, 3.63) is 58.2 Å². The number of halogens is 3. The highest BCUT2D eigenvalue weighted by Gasteiger charge is 2.68. The van der Waals surface area contributed by atoms with Gasteiger partial charge in [-0.25, -0.2) is 10.4 Å². The van der Waals surface area contributed by atoms with E-state index in [0.29, 0.717) is 108 Å². The summed E-state index contributed by atoms with van der Waals surface area (Å²) in [6.45, 7) is 11.1. The average Bonchev–Trinajstić information content (AvgIpc) is 3.96. The summed E-state index contributed by atoms with van der Waals surface area (Å²) in [7, 11) is 1.53. The fourth-order valence-electron chi connectivity index (χ4n) is 11.2. The lowest BCUT2D eigenvalue weighted by Gasteiger charge is -2.58. The second-order valence-electron chi connectivity index (χ2n) is 20.5. The van der Waals surface area contributed by atoms with Gasteiger partial charge in [-0.05, 0) is 75.8 Å². The number of cyclic esters (lactones) is 1. The van der Waals surface area contributed by atoms with Crippen LogP contribution < -0.4 is 10.7 Å². The topological polar surface area (TPSA) is 149 Å². The molecule has 14 nitrogen and oxygen atoms in total. The van der Waals surface area contributed by atoms with E-state index < -0.39 is 59.8 Å². The molecule has 2 N–H and O–H groups in total. The number of benzene rings is 1. The summed E-state index contributed by atoms with van der Waals surface area (Å²) in [6, 6.07) is 6.15. The molecule has 348 valence electrons. The van der Waals surface area contributed by atoms with Crippen LogP contribution >= 0.6 is 11.3 Å². The van der Waals surface area contributed by atoms with Crippen LogP contribution in [0.15, 0.2) is 41.9 Å². The largest absolute Gasteiger partial charge is 0.464 e. The van der Waals surface area contributed by atoms with E-state index in [-0.39, 0.29) is 35.9 Å². The van der Waals surface area contributed by atoms with Gasteiger partial charge in [0, 0.05) is 76.6 Å². The quantitative estimate of drug-likeness (QED) is 0.195. The first-order chi connectivity index (χ1) is 30.8. The van der Waals surface area contributed by atoms with Crippen LogP contribution in [0.4, 0.5) is 13.2 Å². The molecule has 1 aliphatic carbocycles. The average molecular weight is 920 g/mol. The molecule has 7 aliphatic rings. The van der Waals surface area contributed by atoms with E-state index in [0.717, 1.165) is 0 Å². The third kappa shape index (κ3) is 7.74. The zero-order chi connectivity index (χ0) is 45.8. The minimum Gasteiger partial charge on any atom is -0.464 e. The molecule has 3 aromatic heterocycles. The number of nitrogens with one attached hydrogen (secondary N) is 2. The number of fused-ring (bicyclic) bond motifs is 7. The number of rotatable bonds is 7. The molecule has 0 unspecified atom stereocenters. The van der Waals surface area contributed by atoms with Crippen LogP contribution in [-0.4, -0.2) is 119 Å². The number of alkyl halides is 3. The van der Waals surface area contributed by atoms with Crippen molar-refractivity contribution in [3.63, 3.8) is 0 Å². The van der Waals surface area contributed by atoms with Crippen LogP contribution in [0, 0.1) is 16.2 Å². The Bertz CT molecular complexity index is 2540. The van der Waals surface area contributed by atoms with Crippen LogP contribution in [0.1, 0.15) is 88.7 Å². The number of methoxy groups -OCH3 is 1. The number of nitrogens with zero attached hydrogens (tertiary/aromatic N) is 5. The monoisotopic (exact) mass is 919 g/mol. The molecule has 8 bridgehead atoms. The molecule has 4 aromatic rings. The van der Waals surface area contributed by atoms with Gasteiger partial charge in [0.15, 0.2) is 0 Å². The predicted octanol–water partition coefficient (Wildman–Crippen LogP) is 6.53. The zero-order valence-corrected chi connectivity index (χ0v) is 38.4. The number of carbonyl (C=O) groups is 3. The molecule has 6 aliphatic heterocycles. The van der Waals surface area contributed by atoms with Crippen molar-refractivity contribution in [2.24, 2.45) is 16.2 Å². The zero-order valence-electron chi connectivity index (χ0n) is 37.5. The Kier molecular flexibility index (Phi) is 10.8. The van der Waals surface area contributed by atoms with Crippen LogP contribution in [0.25, 0.3) is 33.4 Å². The van der Waals surface area contributed by atoms with Crippen LogP contribution in [0.5, 0.6) is 0 Å². The molecule has 5 atom stereocenters. The Labute approximate surface area is 379 Å². The minimum atomic E-state index is -4.58. The van der Waals surface area contributed by atoms with Gasteiger partial charge >= 0.3 is 12.1 Å². The molecule has 1 spiro atoms. The Morgan fingerprint density at radius 2 is 1.89 bits per heavy atom. The van der Waals surface area contributed by atoms with Gasteiger partial charge in [-0.15, -0.1) is 11.3 Å². The number of pyridine rings is 1. The van der Waals surface area contributed by atoms with Crippen LogP contribution in [0.3, 0.4) is 0 Å². The van der Waals surface area contributed by atoms with Gasteiger partial charge < -0.3 is 28.8 Å². The normalized spacial score (nSPS) is 30.3. The summed E-state index contributed by atoms with van der Waals surface area (Å²) >= 11 is 1.36. The van der Waals surface area contributed by atoms with Crippen molar-refractivity contribution in [3.8, 4) is 22.5 Å². The molecular weight excluding hydrogens is 864 g/mol.